The van der Waals surface area contributed by atoms with Crippen molar-refractivity contribution in [3.05, 3.63) is 35.4 Å². The van der Waals surface area contributed by atoms with E-state index in [1.165, 1.54) is 17.0 Å². The second-order valence-corrected chi connectivity index (χ2v) is 6.93. The maximum absolute atomic E-state index is 12.8. The Hall–Kier alpha value is -1.84. The maximum Gasteiger partial charge on any atom is 0.416 e. The number of carbonyl (C=O) groups is 2. The highest BCUT2D eigenvalue weighted by Crippen LogP contribution is 2.30. The number of piperazine rings is 1. The zero-order valence-electron chi connectivity index (χ0n) is 15.2. The van der Waals surface area contributed by atoms with E-state index < -0.39 is 23.2 Å². The Labute approximate surface area is 167 Å². The van der Waals surface area contributed by atoms with E-state index in [0.717, 1.165) is 12.1 Å². The molecule has 2 saturated heterocycles. The van der Waals surface area contributed by atoms with Crippen molar-refractivity contribution in [2.75, 3.05) is 39.4 Å². The molecule has 0 unspecified atom stereocenters. The molecule has 0 aromatic heterocycles. The monoisotopic (exact) mass is 421 g/mol. The van der Waals surface area contributed by atoms with Gasteiger partial charge >= 0.3 is 6.18 Å². The quantitative estimate of drug-likeness (QED) is 0.791. The second kappa shape index (κ2) is 8.67. The van der Waals surface area contributed by atoms with Crippen LogP contribution in [0.15, 0.2) is 24.3 Å². The minimum atomic E-state index is -4.50. The molecule has 2 aliphatic rings. The van der Waals surface area contributed by atoms with Crippen LogP contribution in [0.4, 0.5) is 13.2 Å². The molecule has 2 heterocycles. The molecule has 0 bridgehead atoms. The van der Waals surface area contributed by atoms with E-state index in [-0.39, 0.29) is 37.0 Å². The topological polar surface area (TPSA) is 75.9 Å². The predicted molar refractivity (Wildman–Crippen MR) is 98.1 cm³/mol. The molecule has 1 aromatic carbocycles. The SMILES string of the molecule is Cl.NC1(C(=O)N2CCN(C(=O)c3cccc(C(F)(F)F)c3)CC2)CCOCC1. The van der Waals surface area contributed by atoms with Gasteiger partial charge < -0.3 is 20.3 Å². The number of ether oxygens (including phenoxy) is 1. The smallest absolute Gasteiger partial charge is 0.381 e. The van der Waals surface area contributed by atoms with Gasteiger partial charge in [0.15, 0.2) is 0 Å². The highest BCUT2D eigenvalue weighted by Gasteiger charge is 2.40. The van der Waals surface area contributed by atoms with Gasteiger partial charge in [-0.3, -0.25) is 9.59 Å². The Balaban J connectivity index is 0.00000280. The van der Waals surface area contributed by atoms with E-state index in [9.17, 15) is 22.8 Å². The molecule has 3 rings (SSSR count). The number of halogens is 4. The summed E-state index contributed by atoms with van der Waals surface area (Å²) in [5.41, 5.74) is 4.41. The minimum Gasteiger partial charge on any atom is -0.381 e. The summed E-state index contributed by atoms with van der Waals surface area (Å²) >= 11 is 0. The lowest BCUT2D eigenvalue weighted by Crippen LogP contribution is -2.61. The van der Waals surface area contributed by atoms with Gasteiger partial charge in [0.25, 0.3) is 5.91 Å². The van der Waals surface area contributed by atoms with Crippen molar-refractivity contribution in [2.45, 2.75) is 24.6 Å². The molecule has 1 aromatic rings. The average molecular weight is 422 g/mol. The standard InChI is InChI=1S/C18H22F3N3O3.ClH/c19-18(20,21)14-3-1-2-13(12-14)15(25)23-6-8-24(9-7-23)16(26)17(22)4-10-27-11-5-17;/h1-3,12H,4-11,22H2;1H. The lowest BCUT2D eigenvalue weighted by Gasteiger charge is -2.41. The summed E-state index contributed by atoms with van der Waals surface area (Å²) in [6.45, 7) is 2.01. The molecule has 0 aliphatic carbocycles. The van der Waals surface area contributed by atoms with Crippen LogP contribution in [0.25, 0.3) is 0 Å². The maximum atomic E-state index is 12.8. The van der Waals surface area contributed by atoms with Crippen molar-refractivity contribution in [1.82, 2.24) is 9.80 Å². The summed E-state index contributed by atoms with van der Waals surface area (Å²) in [6.07, 6.45) is -3.59. The highest BCUT2D eigenvalue weighted by molar-refractivity contribution is 5.94. The van der Waals surface area contributed by atoms with Crippen LogP contribution >= 0.6 is 12.4 Å². The molecule has 0 atom stereocenters. The van der Waals surface area contributed by atoms with Crippen molar-refractivity contribution < 1.29 is 27.5 Å². The fourth-order valence-electron chi connectivity index (χ4n) is 3.39. The van der Waals surface area contributed by atoms with Crippen LogP contribution in [0.5, 0.6) is 0 Å². The molecule has 28 heavy (non-hydrogen) atoms. The Morgan fingerprint density at radius 2 is 1.61 bits per heavy atom. The minimum absolute atomic E-state index is 0. The van der Waals surface area contributed by atoms with Gasteiger partial charge in [0.1, 0.15) is 0 Å². The van der Waals surface area contributed by atoms with Crippen molar-refractivity contribution in [3.8, 4) is 0 Å². The lowest BCUT2D eigenvalue weighted by molar-refractivity contribution is -0.142. The molecule has 0 radical (unpaired) electrons. The number of amides is 2. The molecule has 10 heteroatoms. The van der Waals surface area contributed by atoms with Gasteiger partial charge in [0.2, 0.25) is 5.91 Å². The van der Waals surface area contributed by atoms with Crippen LogP contribution < -0.4 is 5.73 Å². The molecule has 6 nitrogen and oxygen atoms in total. The van der Waals surface area contributed by atoms with Gasteiger partial charge in [-0.05, 0) is 31.0 Å². The molecule has 156 valence electrons. The third-order valence-electron chi connectivity index (χ3n) is 5.10. The van der Waals surface area contributed by atoms with E-state index >= 15 is 0 Å². The first kappa shape index (κ1) is 22.4. The number of hydrogen-bond acceptors (Lipinski definition) is 4. The third-order valence-corrected chi connectivity index (χ3v) is 5.10. The Kier molecular flexibility index (Phi) is 6.95. The van der Waals surface area contributed by atoms with Gasteiger partial charge in [0, 0.05) is 45.0 Å². The second-order valence-electron chi connectivity index (χ2n) is 6.93. The van der Waals surface area contributed by atoms with Crippen LogP contribution in [0.3, 0.4) is 0 Å². The van der Waals surface area contributed by atoms with Crippen LogP contribution in [-0.4, -0.2) is 66.5 Å². The summed E-state index contributed by atoms with van der Waals surface area (Å²) in [5, 5.41) is 0. The predicted octanol–water partition coefficient (Wildman–Crippen LogP) is 1.92. The number of alkyl halides is 3. The summed E-state index contributed by atoms with van der Waals surface area (Å²) in [4.78, 5) is 28.3. The molecular weight excluding hydrogens is 399 g/mol. The molecule has 0 spiro atoms. The zero-order valence-corrected chi connectivity index (χ0v) is 16.0. The molecule has 2 amide bonds. The highest BCUT2D eigenvalue weighted by atomic mass is 35.5. The van der Waals surface area contributed by atoms with E-state index in [2.05, 4.69) is 0 Å². The van der Waals surface area contributed by atoms with Crippen molar-refractivity contribution in [1.29, 1.82) is 0 Å². The van der Waals surface area contributed by atoms with E-state index in [4.69, 9.17) is 10.5 Å². The van der Waals surface area contributed by atoms with Crippen molar-refractivity contribution in [3.63, 3.8) is 0 Å². The van der Waals surface area contributed by atoms with E-state index in [1.54, 1.807) is 4.90 Å². The van der Waals surface area contributed by atoms with Gasteiger partial charge in [-0.2, -0.15) is 13.2 Å². The summed E-state index contributed by atoms with van der Waals surface area (Å²) in [5.74, 6) is -0.626. The zero-order chi connectivity index (χ0) is 19.7. The largest absolute Gasteiger partial charge is 0.416 e. The van der Waals surface area contributed by atoms with Crippen LogP contribution in [0.2, 0.25) is 0 Å². The summed E-state index contributed by atoms with van der Waals surface area (Å²) in [6, 6.07) is 4.38. The molecule has 2 aliphatic heterocycles. The lowest BCUT2D eigenvalue weighted by atomic mass is 9.89. The van der Waals surface area contributed by atoms with Gasteiger partial charge in [0.05, 0.1) is 11.1 Å². The number of nitrogens with zero attached hydrogens (tertiary/aromatic N) is 2. The fourth-order valence-corrected chi connectivity index (χ4v) is 3.39. The van der Waals surface area contributed by atoms with Crippen molar-refractivity contribution in [2.24, 2.45) is 5.73 Å². The van der Waals surface area contributed by atoms with E-state index in [1.807, 2.05) is 0 Å². The van der Waals surface area contributed by atoms with E-state index in [0.29, 0.717) is 39.1 Å². The first-order valence-electron chi connectivity index (χ1n) is 8.83. The molecule has 0 saturated carbocycles. The number of nitrogens with two attached hydrogens (primary N) is 1. The van der Waals surface area contributed by atoms with Crippen molar-refractivity contribution >= 4 is 24.2 Å². The third kappa shape index (κ3) is 4.76. The Morgan fingerprint density at radius 1 is 1.04 bits per heavy atom. The Morgan fingerprint density at radius 3 is 2.18 bits per heavy atom. The van der Waals surface area contributed by atoms with Crippen LogP contribution in [0.1, 0.15) is 28.8 Å². The number of carbonyl (C=O) groups excluding carboxylic acids is 2. The van der Waals surface area contributed by atoms with Gasteiger partial charge in [-0.15, -0.1) is 12.4 Å². The summed E-state index contributed by atoms with van der Waals surface area (Å²) < 4.78 is 43.8. The van der Waals surface area contributed by atoms with Gasteiger partial charge in [-0.25, -0.2) is 0 Å². The molecule has 2 fully saturated rings. The fraction of sp³-hybridized carbons (Fsp3) is 0.556. The van der Waals surface area contributed by atoms with Crippen LogP contribution in [0, 0.1) is 0 Å². The Bertz CT molecular complexity index is 716. The number of rotatable bonds is 2. The number of benzene rings is 1. The summed E-state index contributed by atoms with van der Waals surface area (Å²) in [7, 11) is 0. The molecular formula is C18H23ClF3N3O3. The average Bonchev–Trinajstić information content (AvgIpc) is 2.67. The van der Waals surface area contributed by atoms with Crippen LogP contribution in [-0.2, 0) is 15.7 Å². The molecule has 2 N–H and O–H groups in total. The normalized spacial score (nSPS) is 19.7. The first-order valence-corrected chi connectivity index (χ1v) is 8.83. The van der Waals surface area contributed by atoms with Gasteiger partial charge in [-0.1, -0.05) is 6.07 Å². The number of hydrogen-bond donors (Lipinski definition) is 1. The first-order chi connectivity index (χ1) is 12.7.